The quantitative estimate of drug-likeness (QED) is 0.367. The Morgan fingerprint density at radius 3 is 2.30 bits per heavy atom. The van der Waals surface area contributed by atoms with E-state index in [1.165, 1.54) is 0 Å². The number of benzene rings is 2. The number of rotatable bonds is 7. The summed E-state index contributed by atoms with van der Waals surface area (Å²) in [4.78, 5) is 27.2. The molecule has 0 saturated carbocycles. The molecule has 30 heavy (non-hydrogen) atoms. The molecule has 1 saturated heterocycles. The van der Waals surface area contributed by atoms with E-state index in [1.807, 2.05) is 45.0 Å². The van der Waals surface area contributed by atoms with Crippen molar-refractivity contribution in [2.24, 2.45) is 0 Å². The van der Waals surface area contributed by atoms with Gasteiger partial charge in [0, 0.05) is 17.1 Å². The number of carbonyl (C=O) groups is 2. The fourth-order valence-corrected chi connectivity index (χ4v) is 3.68. The molecule has 0 bridgehead atoms. The smallest absolute Gasteiger partial charge is 0.295 e. The summed E-state index contributed by atoms with van der Waals surface area (Å²) in [5.74, 6) is -0.758. The van der Waals surface area contributed by atoms with Crippen LogP contribution < -0.4 is 4.74 Å². The molecule has 0 spiro atoms. The summed E-state index contributed by atoms with van der Waals surface area (Å²) in [7, 11) is 0. The van der Waals surface area contributed by atoms with Crippen LogP contribution >= 0.6 is 11.6 Å². The van der Waals surface area contributed by atoms with Crippen LogP contribution in [0.3, 0.4) is 0 Å². The third-order valence-electron chi connectivity index (χ3n) is 4.98. The molecule has 158 valence electrons. The number of Topliss-reactive ketones (excluding diaryl/α,β-unsaturated/α-hetero) is 1. The maximum absolute atomic E-state index is 12.9. The normalized spacial score (nSPS) is 18.3. The van der Waals surface area contributed by atoms with Crippen LogP contribution in [0.1, 0.15) is 50.8 Å². The zero-order valence-electron chi connectivity index (χ0n) is 17.4. The number of nitrogens with zero attached hydrogens (tertiary/aromatic N) is 1. The number of hydrogen-bond acceptors (Lipinski definition) is 4. The Labute approximate surface area is 181 Å². The molecule has 0 aromatic heterocycles. The van der Waals surface area contributed by atoms with Crippen molar-refractivity contribution < 1.29 is 19.4 Å². The first-order valence-corrected chi connectivity index (χ1v) is 10.5. The predicted octanol–water partition coefficient (Wildman–Crippen LogP) is 5.35. The fourth-order valence-electron chi connectivity index (χ4n) is 3.55. The minimum atomic E-state index is -0.675. The molecule has 5 nitrogen and oxygen atoms in total. The first-order valence-electron chi connectivity index (χ1n) is 10.1. The highest BCUT2D eigenvalue weighted by Gasteiger charge is 2.45. The lowest BCUT2D eigenvalue weighted by Crippen LogP contribution is -2.30. The number of halogens is 1. The van der Waals surface area contributed by atoms with Crippen LogP contribution in [0.2, 0.25) is 5.02 Å². The van der Waals surface area contributed by atoms with Gasteiger partial charge in [-0.25, -0.2) is 0 Å². The van der Waals surface area contributed by atoms with E-state index < -0.39 is 17.7 Å². The van der Waals surface area contributed by atoms with Crippen molar-refractivity contribution >= 4 is 29.1 Å². The highest BCUT2D eigenvalue weighted by atomic mass is 35.5. The second kappa shape index (κ2) is 9.35. The number of ketones is 1. The average Bonchev–Trinajstić information content (AvgIpc) is 2.97. The molecule has 2 aromatic carbocycles. The molecule has 2 aromatic rings. The Balaban J connectivity index is 2.08. The van der Waals surface area contributed by atoms with Gasteiger partial charge in [-0.2, -0.15) is 0 Å². The number of carbonyl (C=O) groups excluding carboxylic acids is 2. The van der Waals surface area contributed by atoms with Gasteiger partial charge >= 0.3 is 0 Å². The number of aliphatic hydroxyl groups excluding tert-OH is 1. The van der Waals surface area contributed by atoms with Crippen molar-refractivity contribution in [3.05, 3.63) is 70.3 Å². The molecule has 0 aliphatic carbocycles. The Kier molecular flexibility index (Phi) is 6.83. The van der Waals surface area contributed by atoms with Crippen molar-refractivity contribution in [2.75, 3.05) is 6.54 Å². The Morgan fingerprint density at radius 2 is 1.73 bits per heavy atom. The summed E-state index contributed by atoms with van der Waals surface area (Å²) < 4.78 is 5.70. The van der Waals surface area contributed by atoms with E-state index in [1.54, 1.807) is 29.2 Å². The van der Waals surface area contributed by atoms with Crippen LogP contribution in [0.25, 0.3) is 5.76 Å². The van der Waals surface area contributed by atoms with Crippen molar-refractivity contribution in [1.29, 1.82) is 0 Å². The Morgan fingerprint density at radius 1 is 1.10 bits per heavy atom. The van der Waals surface area contributed by atoms with Gasteiger partial charge in [-0.3, -0.25) is 9.59 Å². The molecule has 1 aliphatic rings. The molecule has 3 rings (SSSR count). The number of amides is 1. The predicted molar refractivity (Wildman–Crippen MR) is 118 cm³/mol. The topological polar surface area (TPSA) is 66.8 Å². The summed E-state index contributed by atoms with van der Waals surface area (Å²) in [5.41, 5.74) is 1.28. The summed E-state index contributed by atoms with van der Waals surface area (Å²) in [5, 5.41) is 11.5. The molecule has 1 fully saturated rings. The van der Waals surface area contributed by atoms with Crippen LogP contribution in [0, 0.1) is 0 Å². The molecule has 1 atom stereocenters. The minimum Gasteiger partial charge on any atom is -0.507 e. The second-order valence-electron chi connectivity index (χ2n) is 7.59. The van der Waals surface area contributed by atoms with Gasteiger partial charge in [0.1, 0.15) is 11.5 Å². The van der Waals surface area contributed by atoms with Crippen molar-refractivity contribution in [3.8, 4) is 5.75 Å². The Hall–Kier alpha value is -2.79. The molecular formula is C24H26ClNO4. The van der Waals surface area contributed by atoms with Crippen LogP contribution in [0.4, 0.5) is 0 Å². The van der Waals surface area contributed by atoms with Crippen molar-refractivity contribution in [1.82, 2.24) is 4.90 Å². The third kappa shape index (κ3) is 4.51. The third-order valence-corrected chi connectivity index (χ3v) is 5.23. The lowest BCUT2D eigenvalue weighted by atomic mass is 9.95. The molecule has 1 unspecified atom stereocenters. The lowest BCUT2D eigenvalue weighted by molar-refractivity contribution is -0.139. The van der Waals surface area contributed by atoms with Gasteiger partial charge in [0.25, 0.3) is 11.7 Å². The fraction of sp³-hybridized carbons (Fsp3) is 0.333. The van der Waals surface area contributed by atoms with Gasteiger partial charge in [0.2, 0.25) is 0 Å². The molecular weight excluding hydrogens is 402 g/mol. The maximum atomic E-state index is 12.9. The van der Waals surface area contributed by atoms with Crippen molar-refractivity contribution in [3.63, 3.8) is 0 Å². The van der Waals surface area contributed by atoms with E-state index in [0.717, 1.165) is 18.4 Å². The zero-order valence-corrected chi connectivity index (χ0v) is 18.1. The van der Waals surface area contributed by atoms with E-state index in [0.29, 0.717) is 22.9 Å². The highest BCUT2D eigenvalue weighted by Crippen LogP contribution is 2.40. The van der Waals surface area contributed by atoms with Crippen LogP contribution in [0.15, 0.2) is 54.1 Å². The zero-order chi connectivity index (χ0) is 21.8. The maximum Gasteiger partial charge on any atom is 0.295 e. The van der Waals surface area contributed by atoms with Gasteiger partial charge in [-0.05, 0) is 62.2 Å². The van der Waals surface area contributed by atoms with Gasteiger partial charge in [0.15, 0.2) is 0 Å². The first-order chi connectivity index (χ1) is 14.3. The van der Waals surface area contributed by atoms with Crippen LogP contribution in [-0.2, 0) is 9.59 Å². The number of likely N-dealkylation sites (tertiary alicyclic amines) is 1. The summed E-state index contributed by atoms with van der Waals surface area (Å²) in [6.07, 6.45) is 1.68. The lowest BCUT2D eigenvalue weighted by Gasteiger charge is -2.25. The number of hydrogen-bond donors (Lipinski definition) is 1. The largest absolute Gasteiger partial charge is 0.507 e. The summed E-state index contributed by atoms with van der Waals surface area (Å²) in [6.45, 7) is 6.35. The summed E-state index contributed by atoms with van der Waals surface area (Å²) >= 11 is 5.94. The van der Waals surface area contributed by atoms with Crippen molar-refractivity contribution in [2.45, 2.75) is 45.8 Å². The van der Waals surface area contributed by atoms with Gasteiger partial charge < -0.3 is 14.7 Å². The van der Waals surface area contributed by atoms with Gasteiger partial charge in [-0.1, -0.05) is 37.1 Å². The highest BCUT2D eigenvalue weighted by molar-refractivity contribution is 6.46. The Bertz CT molecular complexity index is 948. The van der Waals surface area contributed by atoms with E-state index in [2.05, 4.69) is 0 Å². The number of unbranched alkanes of at least 4 members (excludes halogenated alkanes) is 1. The average molecular weight is 428 g/mol. The molecule has 1 amide bonds. The molecule has 1 heterocycles. The number of aliphatic hydroxyl groups is 1. The van der Waals surface area contributed by atoms with E-state index in [4.69, 9.17) is 16.3 Å². The minimum absolute atomic E-state index is 0.0379. The second-order valence-corrected chi connectivity index (χ2v) is 8.03. The van der Waals surface area contributed by atoms with E-state index >= 15 is 0 Å². The monoisotopic (exact) mass is 427 g/mol. The van der Waals surface area contributed by atoms with Gasteiger partial charge in [0.05, 0.1) is 17.7 Å². The van der Waals surface area contributed by atoms with Crippen LogP contribution in [-0.4, -0.2) is 34.3 Å². The van der Waals surface area contributed by atoms with Crippen LogP contribution in [0.5, 0.6) is 5.75 Å². The van der Waals surface area contributed by atoms with Gasteiger partial charge in [-0.15, -0.1) is 0 Å². The molecule has 1 aliphatic heterocycles. The first kappa shape index (κ1) is 21.9. The summed E-state index contributed by atoms with van der Waals surface area (Å²) in [6, 6.07) is 13.2. The number of ether oxygens (including phenoxy) is 1. The standard InChI is InChI=1S/C24H26ClNO4/c1-4-5-14-26-21(16-8-12-19(13-9-16)30-15(2)3)20(23(28)24(26)29)22(27)17-6-10-18(25)11-7-17/h6-13,15,21,27H,4-5,14H2,1-3H3/b22-20-. The SMILES string of the molecule is CCCCN1C(=O)C(=O)/C(=C(\O)c2ccc(Cl)cc2)C1c1ccc(OC(C)C)cc1. The van der Waals surface area contributed by atoms with E-state index in [9.17, 15) is 14.7 Å². The molecule has 0 radical (unpaired) electrons. The molecule has 1 N–H and O–H groups in total. The molecule has 6 heteroatoms. The van der Waals surface area contributed by atoms with E-state index in [-0.39, 0.29) is 17.4 Å².